The van der Waals surface area contributed by atoms with Gasteiger partial charge in [0.2, 0.25) is 0 Å². The van der Waals surface area contributed by atoms with Gasteiger partial charge in [-0.25, -0.2) is 4.98 Å². The Morgan fingerprint density at radius 3 is 3.00 bits per heavy atom. The molecule has 0 fully saturated rings. The third kappa shape index (κ3) is 2.90. The van der Waals surface area contributed by atoms with Crippen LogP contribution in [0.2, 0.25) is 0 Å². The Morgan fingerprint density at radius 2 is 2.28 bits per heavy atom. The van der Waals surface area contributed by atoms with Crippen LogP contribution < -0.4 is 0 Å². The summed E-state index contributed by atoms with van der Waals surface area (Å²) in [6, 6.07) is 0. The first-order valence-corrected chi connectivity index (χ1v) is 6.45. The number of fused-ring (bicyclic) bond motifs is 1. The Morgan fingerprint density at radius 1 is 1.50 bits per heavy atom. The summed E-state index contributed by atoms with van der Waals surface area (Å²) in [5.74, 6) is 0.399. The zero-order chi connectivity index (χ0) is 13.2. The van der Waals surface area contributed by atoms with Crippen LogP contribution in [0.15, 0.2) is 12.4 Å². The van der Waals surface area contributed by atoms with E-state index in [-0.39, 0.29) is 0 Å². The largest absolute Gasteiger partial charge is 0.481 e. The van der Waals surface area contributed by atoms with Crippen LogP contribution in [0.5, 0.6) is 0 Å². The number of carboxylic acids is 1. The maximum atomic E-state index is 11.0. The fourth-order valence-corrected chi connectivity index (χ4v) is 2.27. The van der Waals surface area contributed by atoms with Gasteiger partial charge in [0, 0.05) is 25.5 Å². The minimum Gasteiger partial charge on any atom is -0.481 e. The van der Waals surface area contributed by atoms with E-state index in [0.29, 0.717) is 6.42 Å². The van der Waals surface area contributed by atoms with Gasteiger partial charge in [0.1, 0.15) is 5.82 Å². The molecule has 0 saturated heterocycles. The standard InChI is InChI=1S/C13H21N3O2/c1-13(2,12(17)18)4-3-6-15-8-9-16-7-5-14-11(16)10-15/h5,7H,3-4,6,8-10H2,1-2H3,(H,17,18). The summed E-state index contributed by atoms with van der Waals surface area (Å²) in [7, 11) is 0. The van der Waals surface area contributed by atoms with Gasteiger partial charge < -0.3 is 9.67 Å². The molecule has 0 atom stereocenters. The summed E-state index contributed by atoms with van der Waals surface area (Å²) in [5.41, 5.74) is -0.617. The number of carbonyl (C=O) groups is 1. The van der Waals surface area contributed by atoms with Gasteiger partial charge in [-0.3, -0.25) is 9.69 Å². The van der Waals surface area contributed by atoms with Crippen molar-refractivity contribution < 1.29 is 9.90 Å². The molecule has 1 aliphatic heterocycles. The summed E-state index contributed by atoms with van der Waals surface area (Å²) in [5, 5.41) is 9.05. The average molecular weight is 251 g/mol. The average Bonchev–Trinajstić information content (AvgIpc) is 2.75. The van der Waals surface area contributed by atoms with Crippen LogP contribution >= 0.6 is 0 Å². The van der Waals surface area contributed by atoms with Gasteiger partial charge in [-0.2, -0.15) is 0 Å². The van der Waals surface area contributed by atoms with Crippen molar-refractivity contribution in [3.8, 4) is 0 Å². The lowest BCUT2D eigenvalue weighted by Gasteiger charge is -2.28. The second kappa shape index (κ2) is 5.10. The highest BCUT2D eigenvalue weighted by molar-refractivity contribution is 5.73. The number of rotatable bonds is 5. The van der Waals surface area contributed by atoms with E-state index in [0.717, 1.165) is 38.4 Å². The Bertz CT molecular complexity index is 426. The molecule has 0 saturated carbocycles. The SMILES string of the molecule is CC(C)(CCCN1CCn2ccnc2C1)C(=O)O. The van der Waals surface area contributed by atoms with Crippen LogP contribution in [0, 0.1) is 5.41 Å². The summed E-state index contributed by atoms with van der Waals surface area (Å²) in [4.78, 5) is 17.7. The fraction of sp³-hybridized carbons (Fsp3) is 0.692. The topological polar surface area (TPSA) is 58.4 Å². The third-order valence-electron chi connectivity index (χ3n) is 3.68. The Labute approximate surface area is 107 Å². The molecular formula is C13H21N3O2. The van der Waals surface area contributed by atoms with E-state index in [1.807, 2.05) is 12.4 Å². The summed E-state index contributed by atoms with van der Waals surface area (Å²) in [6.07, 6.45) is 5.49. The van der Waals surface area contributed by atoms with Gasteiger partial charge in [0.15, 0.2) is 0 Å². The van der Waals surface area contributed by atoms with E-state index >= 15 is 0 Å². The second-order valence-corrected chi connectivity index (χ2v) is 5.61. The molecule has 18 heavy (non-hydrogen) atoms. The number of imidazole rings is 1. The van der Waals surface area contributed by atoms with E-state index < -0.39 is 11.4 Å². The van der Waals surface area contributed by atoms with Gasteiger partial charge in [0.05, 0.1) is 12.0 Å². The first-order valence-electron chi connectivity index (χ1n) is 6.45. The smallest absolute Gasteiger partial charge is 0.309 e. The number of hydrogen-bond acceptors (Lipinski definition) is 3. The molecule has 2 heterocycles. The number of carboxylic acid groups (broad SMARTS) is 1. The van der Waals surface area contributed by atoms with Gasteiger partial charge in [0.25, 0.3) is 0 Å². The molecule has 1 aliphatic rings. The molecule has 0 amide bonds. The maximum absolute atomic E-state index is 11.0. The first kappa shape index (κ1) is 13.1. The van der Waals surface area contributed by atoms with Crippen LogP contribution in [-0.4, -0.2) is 38.6 Å². The van der Waals surface area contributed by atoms with Crippen molar-refractivity contribution in [1.82, 2.24) is 14.5 Å². The molecule has 100 valence electrons. The van der Waals surface area contributed by atoms with Crippen LogP contribution in [0.4, 0.5) is 0 Å². The summed E-state index contributed by atoms with van der Waals surface area (Å²) >= 11 is 0. The molecule has 0 unspecified atom stereocenters. The van der Waals surface area contributed by atoms with Crippen LogP contribution in [0.3, 0.4) is 0 Å². The lowest BCUT2D eigenvalue weighted by atomic mass is 9.88. The molecule has 0 bridgehead atoms. The molecule has 1 aromatic heterocycles. The van der Waals surface area contributed by atoms with Crippen LogP contribution in [-0.2, 0) is 17.9 Å². The highest BCUT2D eigenvalue weighted by Crippen LogP contribution is 2.23. The predicted molar refractivity (Wildman–Crippen MR) is 68.2 cm³/mol. The van der Waals surface area contributed by atoms with Gasteiger partial charge in [-0.1, -0.05) is 0 Å². The van der Waals surface area contributed by atoms with Gasteiger partial charge in [-0.05, 0) is 33.2 Å². The molecule has 0 spiro atoms. The molecule has 2 rings (SSSR count). The highest BCUT2D eigenvalue weighted by Gasteiger charge is 2.26. The molecule has 1 N–H and O–H groups in total. The van der Waals surface area contributed by atoms with Crippen molar-refractivity contribution in [2.24, 2.45) is 5.41 Å². The predicted octanol–water partition coefficient (Wildman–Crippen LogP) is 1.59. The van der Waals surface area contributed by atoms with Crippen LogP contribution in [0.25, 0.3) is 0 Å². The zero-order valence-corrected chi connectivity index (χ0v) is 11.1. The lowest BCUT2D eigenvalue weighted by molar-refractivity contribution is -0.147. The van der Waals surface area contributed by atoms with Crippen LogP contribution in [0.1, 0.15) is 32.5 Å². The maximum Gasteiger partial charge on any atom is 0.309 e. The van der Waals surface area contributed by atoms with Crippen molar-refractivity contribution in [3.63, 3.8) is 0 Å². The second-order valence-electron chi connectivity index (χ2n) is 5.61. The minimum absolute atomic E-state index is 0.617. The lowest BCUT2D eigenvalue weighted by Crippen LogP contribution is -2.35. The van der Waals surface area contributed by atoms with Crippen molar-refractivity contribution >= 4 is 5.97 Å². The van der Waals surface area contributed by atoms with Gasteiger partial charge in [-0.15, -0.1) is 0 Å². The van der Waals surface area contributed by atoms with Gasteiger partial charge >= 0.3 is 5.97 Å². The Kier molecular flexibility index (Phi) is 3.71. The zero-order valence-electron chi connectivity index (χ0n) is 11.1. The first-order chi connectivity index (χ1) is 8.49. The van der Waals surface area contributed by atoms with Crippen molar-refractivity contribution in [3.05, 3.63) is 18.2 Å². The van der Waals surface area contributed by atoms with Crippen molar-refractivity contribution in [2.45, 2.75) is 39.8 Å². The Balaban J connectivity index is 1.78. The Hall–Kier alpha value is -1.36. The number of aromatic nitrogens is 2. The number of hydrogen-bond donors (Lipinski definition) is 1. The van der Waals surface area contributed by atoms with E-state index in [1.165, 1.54) is 0 Å². The monoisotopic (exact) mass is 251 g/mol. The summed E-state index contributed by atoms with van der Waals surface area (Å²) in [6.45, 7) is 7.41. The molecule has 1 aromatic rings. The number of nitrogens with zero attached hydrogens (tertiary/aromatic N) is 3. The molecule has 0 aromatic carbocycles. The third-order valence-corrected chi connectivity index (χ3v) is 3.68. The fourth-order valence-electron chi connectivity index (χ4n) is 2.27. The molecule has 5 nitrogen and oxygen atoms in total. The molecule has 0 radical (unpaired) electrons. The van der Waals surface area contributed by atoms with E-state index in [2.05, 4.69) is 14.5 Å². The van der Waals surface area contributed by atoms with E-state index in [4.69, 9.17) is 5.11 Å². The molecular weight excluding hydrogens is 230 g/mol. The molecule has 0 aliphatic carbocycles. The molecule has 5 heteroatoms. The minimum atomic E-state index is -0.711. The van der Waals surface area contributed by atoms with Crippen molar-refractivity contribution in [2.75, 3.05) is 13.1 Å². The van der Waals surface area contributed by atoms with E-state index in [9.17, 15) is 4.79 Å². The quantitative estimate of drug-likeness (QED) is 0.863. The number of aliphatic carboxylic acids is 1. The normalized spacial score (nSPS) is 16.6. The van der Waals surface area contributed by atoms with E-state index in [1.54, 1.807) is 13.8 Å². The highest BCUT2D eigenvalue weighted by atomic mass is 16.4. The van der Waals surface area contributed by atoms with Crippen molar-refractivity contribution in [1.29, 1.82) is 0 Å². The summed E-state index contributed by atoms with van der Waals surface area (Å²) < 4.78 is 2.18.